The molecule has 0 spiro atoms. The minimum atomic E-state index is -0.349. The standard InChI is InChI=1S/C27H32ClN5O3/c1-26(2)23(27(3,4)24(26)36-20-6-5-15(10-29)21(28)9-20)32-22(35)18-11-30-25(31-12-18)33-13-16-7-19(33)8-17(16)14-34/h5-6,9,11-12,16-17,19,23-24,34H,7-8,13-14H2,1-4H3,(H,32,35)/t16-,17+,19-,23-,24-/m1/s1. The summed E-state index contributed by atoms with van der Waals surface area (Å²) in [6, 6.07) is 7.34. The van der Waals surface area contributed by atoms with Crippen molar-refractivity contribution in [1.82, 2.24) is 15.3 Å². The van der Waals surface area contributed by atoms with Crippen LogP contribution in [0.25, 0.3) is 0 Å². The fourth-order valence-corrected chi connectivity index (χ4v) is 7.14. The van der Waals surface area contributed by atoms with Crippen LogP contribution < -0.4 is 15.0 Å². The number of nitrogens with zero attached hydrogens (tertiary/aromatic N) is 4. The molecule has 1 aliphatic heterocycles. The van der Waals surface area contributed by atoms with E-state index in [1.807, 2.05) is 0 Å². The Hall–Kier alpha value is -2.89. The van der Waals surface area contributed by atoms with E-state index >= 15 is 0 Å². The zero-order valence-electron chi connectivity index (χ0n) is 21.0. The Balaban J connectivity index is 1.24. The molecule has 0 unspecified atom stereocenters. The quantitative estimate of drug-likeness (QED) is 0.608. The Morgan fingerprint density at radius 1 is 1.25 bits per heavy atom. The normalized spacial score (nSPS) is 29.4. The third-order valence-corrected chi connectivity index (χ3v) is 8.82. The molecule has 3 atom stereocenters. The van der Waals surface area contributed by atoms with Gasteiger partial charge < -0.3 is 20.1 Å². The number of aromatic nitrogens is 2. The maximum absolute atomic E-state index is 13.1. The maximum Gasteiger partial charge on any atom is 0.254 e. The molecule has 0 radical (unpaired) electrons. The molecule has 190 valence electrons. The molecule has 36 heavy (non-hydrogen) atoms. The van der Waals surface area contributed by atoms with Crippen molar-refractivity contribution in [2.75, 3.05) is 18.1 Å². The van der Waals surface area contributed by atoms with E-state index in [-0.39, 0.29) is 35.5 Å². The molecule has 2 aliphatic carbocycles. The van der Waals surface area contributed by atoms with Crippen LogP contribution in [0.2, 0.25) is 5.02 Å². The number of carbonyl (C=O) groups is 1. The zero-order chi connectivity index (χ0) is 25.8. The summed E-state index contributed by atoms with van der Waals surface area (Å²) in [6.07, 6.45) is 5.06. The number of piperidine rings is 1. The molecule has 2 N–H and O–H groups in total. The van der Waals surface area contributed by atoms with Crippen LogP contribution in [0.15, 0.2) is 30.6 Å². The van der Waals surface area contributed by atoms with E-state index in [4.69, 9.17) is 21.6 Å². The molecule has 3 aliphatic rings. The van der Waals surface area contributed by atoms with Crippen LogP contribution in [0.1, 0.15) is 56.5 Å². The van der Waals surface area contributed by atoms with Gasteiger partial charge in [-0.2, -0.15) is 5.26 Å². The number of benzene rings is 1. The van der Waals surface area contributed by atoms with Crippen molar-refractivity contribution in [1.29, 1.82) is 5.26 Å². The van der Waals surface area contributed by atoms with Crippen LogP contribution in [-0.4, -0.2) is 52.3 Å². The van der Waals surface area contributed by atoms with E-state index < -0.39 is 0 Å². The first-order chi connectivity index (χ1) is 17.1. The van der Waals surface area contributed by atoms with Crippen molar-refractivity contribution in [2.45, 2.75) is 58.7 Å². The molecule has 2 saturated carbocycles. The molecule has 2 bridgehead atoms. The predicted molar refractivity (Wildman–Crippen MR) is 136 cm³/mol. The van der Waals surface area contributed by atoms with Crippen molar-refractivity contribution in [3.8, 4) is 11.8 Å². The number of ether oxygens (including phenoxy) is 1. The van der Waals surface area contributed by atoms with Gasteiger partial charge in [0.15, 0.2) is 0 Å². The van der Waals surface area contributed by atoms with E-state index in [1.165, 1.54) is 0 Å². The first kappa shape index (κ1) is 24.8. The first-order valence-electron chi connectivity index (χ1n) is 12.4. The summed E-state index contributed by atoms with van der Waals surface area (Å²) in [5.41, 5.74) is 0.129. The third kappa shape index (κ3) is 3.99. The van der Waals surface area contributed by atoms with Gasteiger partial charge in [0.05, 0.1) is 16.1 Å². The van der Waals surface area contributed by atoms with Gasteiger partial charge in [-0.3, -0.25) is 4.79 Å². The topological polar surface area (TPSA) is 111 Å². The van der Waals surface area contributed by atoms with Crippen LogP contribution in [-0.2, 0) is 0 Å². The van der Waals surface area contributed by atoms with Crippen LogP contribution in [0, 0.1) is 34.0 Å². The largest absolute Gasteiger partial charge is 0.489 e. The third-order valence-electron chi connectivity index (χ3n) is 8.51. The van der Waals surface area contributed by atoms with Gasteiger partial charge >= 0.3 is 0 Å². The number of hydrogen-bond donors (Lipinski definition) is 2. The van der Waals surface area contributed by atoms with Gasteiger partial charge in [-0.1, -0.05) is 39.3 Å². The van der Waals surface area contributed by atoms with E-state index in [0.29, 0.717) is 45.7 Å². The molecular weight excluding hydrogens is 478 g/mol. The Morgan fingerprint density at radius 2 is 1.94 bits per heavy atom. The van der Waals surface area contributed by atoms with Gasteiger partial charge in [0.1, 0.15) is 17.9 Å². The number of aliphatic hydroxyl groups is 1. The second-order valence-corrected chi connectivity index (χ2v) is 12.0. The highest BCUT2D eigenvalue weighted by Crippen LogP contribution is 2.55. The van der Waals surface area contributed by atoms with Crippen molar-refractivity contribution < 1.29 is 14.6 Å². The predicted octanol–water partition coefficient (Wildman–Crippen LogP) is 3.82. The molecule has 1 amide bonds. The summed E-state index contributed by atoms with van der Waals surface area (Å²) in [5, 5.41) is 22.2. The Kier molecular flexibility index (Phi) is 6.12. The fourth-order valence-electron chi connectivity index (χ4n) is 6.93. The van der Waals surface area contributed by atoms with Crippen LogP contribution in [0.3, 0.4) is 0 Å². The molecule has 5 rings (SSSR count). The Labute approximate surface area is 216 Å². The lowest BCUT2D eigenvalue weighted by atomic mass is 9.49. The molecule has 1 aromatic heterocycles. The molecular formula is C27H32ClN5O3. The number of hydrogen-bond acceptors (Lipinski definition) is 7. The molecule has 3 fully saturated rings. The molecule has 2 aromatic rings. The summed E-state index contributed by atoms with van der Waals surface area (Å²) in [4.78, 5) is 24.3. The smallest absolute Gasteiger partial charge is 0.254 e. The Morgan fingerprint density at radius 3 is 2.50 bits per heavy atom. The maximum atomic E-state index is 13.1. The number of anilines is 1. The van der Waals surface area contributed by atoms with Crippen molar-refractivity contribution in [3.63, 3.8) is 0 Å². The molecule has 2 heterocycles. The van der Waals surface area contributed by atoms with Gasteiger partial charge in [-0.25, -0.2) is 9.97 Å². The minimum Gasteiger partial charge on any atom is -0.489 e. The summed E-state index contributed by atoms with van der Waals surface area (Å²) in [7, 11) is 0. The number of fused-ring (bicyclic) bond motifs is 2. The van der Waals surface area contributed by atoms with E-state index in [9.17, 15) is 9.90 Å². The lowest BCUT2D eigenvalue weighted by molar-refractivity contribution is -0.164. The highest BCUT2D eigenvalue weighted by Gasteiger charge is 2.64. The number of rotatable bonds is 6. The summed E-state index contributed by atoms with van der Waals surface area (Å²) < 4.78 is 6.30. The zero-order valence-corrected chi connectivity index (χ0v) is 21.8. The second-order valence-electron chi connectivity index (χ2n) is 11.6. The minimum absolute atomic E-state index is 0.138. The van der Waals surface area contributed by atoms with E-state index in [2.05, 4.69) is 53.9 Å². The first-order valence-corrected chi connectivity index (χ1v) is 12.8. The second kappa shape index (κ2) is 8.89. The number of nitrogens with one attached hydrogen (secondary N) is 1. The summed E-state index contributed by atoms with van der Waals surface area (Å²) in [5.74, 6) is 1.90. The van der Waals surface area contributed by atoms with Crippen LogP contribution >= 0.6 is 11.6 Å². The van der Waals surface area contributed by atoms with E-state index in [0.717, 1.165) is 19.4 Å². The van der Waals surface area contributed by atoms with Gasteiger partial charge in [0.2, 0.25) is 5.95 Å². The van der Waals surface area contributed by atoms with Gasteiger partial charge in [-0.15, -0.1) is 0 Å². The van der Waals surface area contributed by atoms with Crippen molar-refractivity contribution in [3.05, 3.63) is 46.7 Å². The number of amides is 1. The number of aliphatic hydroxyl groups excluding tert-OH is 1. The summed E-state index contributed by atoms with van der Waals surface area (Å²) in [6.45, 7) is 9.39. The lowest BCUT2D eigenvalue weighted by Crippen LogP contribution is -2.74. The number of halogens is 1. The highest BCUT2D eigenvalue weighted by atomic mass is 35.5. The highest BCUT2D eigenvalue weighted by molar-refractivity contribution is 6.31. The van der Waals surface area contributed by atoms with Gasteiger partial charge in [0, 0.05) is 54.5 Å². The number of carbonyl (C=O) groups excluding carboxylic acids is 1. The molecule has 1 aromatic carbocycles. The monoisotopic (exact) mass is 509 g/mol. The van der Waals surface area contributed by atoms with Crippen molar-refractivity contribution in [2.24, 2.45) is 22.7 Å². The molecule has 8 nitrogen and oxygen atoms in total. The SMILES string of the molecule is CC1(C)[C@H](NC(=O)c2cnc(N3C[C@H]4C[C@@H]3C[C@H]4CO)nc2)C(C)(C)[C@H]1Oc1ccc(C#N)c(Cl)c1. The Bertz CT molecular complexity index is 1190. The van der Waals surface area contributed by atoms with Crippen molar-refractivity contribution >= 4 is 23.5 Å². The molecule has 1 saturated heterocycles. The van der Waals surface area contributed by atoms with E-state index in [1.54, 1.807) is 30.6 Å². The lowest BCUT2D eigenvalue weighted by Gasteiger charge is -2.63. The van der Waals surface area contributed by atoms with Crippen LogP contribution in [0.4, 0.5) is 5.95 Å². The average Bonchev–Trinajstić information content (AvgIpc) is 3.46. The van der Waals surface area contributed by atoms with Gasteiger partial charge in [0.25, 0.3) is 5.91 Å². The number of nitriles is 1. The van der Waals surface area contributed by atoms with Crippen LogP contribution in [0.5, 0.6) is 5.75 Å². The fraction of sp³-hybridized carbons (Fsp3) is 0.556. The summed E-state index contributed by atoms with van der Waals surface area (Å²) >= 11 is 6.18. The average molecular weight is 510 g/mol. The van der Waals surface area contributed by atoms with Gasteiger partial charge in [-0.05, 0) is 36.8 Å². The molecule has 9 heteroatoms.